The molecule has 1 aliphatic heterocycles. The van der Waals surface area contributed by atoms with Crippen LogP contribution in [0.5, 0.6) is 0 Å². The van der Waals surface area contributed by atoms with Gasteiger partial charge in [0.1, 0.15) is 0 Å². The lowest BCUT2D eigenvalue weighted by Gasteiger charge is -2.09. The van der Waals surface area contributed by atoms with E-state index >= 15 is 0 Å². The Hall–Kier alpha value is -1.14. The second-order valence-corrected chi connectivity index (χ2v) is 2.27. The average Bonchev–Trinajstić information content (AvgIpc) is 2.32. The number of amides is 1. The maximum Gasteiger partial charge on any atom is 0.484 e. The number of carbonyl (C=O) groups excluding carboxylic acids is 1. The van der Waals surface area contributed by atoms with Crippen molar-refractivity contribution >= 4 is 5.91 Å². The lowest BCUT2D eigenvalue weighted by atomic mass is 10.2. The van der Waals surface area contributed by atoms with Crippen molar-refractivity contribution in [2.24, 2.45) is 10.2 Å². The van der Waals surface area contributed by atoms with Gasteiger partial charge in [0.2, 0.25) is 0 Å². The standard InChI is InChI=1S/C5H6F3N3O/c6-5(7,8)10-4(12)3-1-2-9-11-3/h3H,1-2H2,(H,10,12). The van der Waals surface area contributed by atoms with Crippen LogP contribution in [0, 0.1) is 0 Å². The average molecular weight is 181 g/mol. The van der Waals surface area contributed by atoms with Crippen molar-refractivity contribution in [2.45, 2.75) is 18.8 Å². The Morgan fingerprint density at radius 2 is 2.17 bits per heavy atom. The first-order valence-corrected chi connectivity index (χ1v) is 3.24. The summed E-state index contributed by atoms with van der Waals surface area (Å²) in [6.45, 7) is 0.315. The zero-order valence-electron chi connectivity index (χ0n) is 5.93. The molecule has 1 unspecified atom stereocenters. The van der Waals surface area contributed by atoms with Crippen LogP contribution in [0.3, 0.4) is 0 Å². The molecule has 1 aliphatic rings. The van der Waals surface area contributed by atoms with Crippen molar-refractivity contribution in [3.05, 3.63) is 0 Å². The Bertz CT molecular complexity index is 212. The van der Waals surface area contributed by atoms with Gasteiger partial charge >= 0.3 is 6.30 Å². The predicted molar refractivity (Wildman–Crippen MR) is 32.3 cm³/mol. The molecule has 0 radical (unpaired) electrons. The molecular formula is C5H6F3N3O. The molecule has 0 aromatic rings. The first-order chi connectivity index (χ1) is 5.49. The molecule has 12 heavy (non-hydrogen) atoms. The van der Waals surface area contributed by atoms with Crippen LogP contribution in [0.4, 0.5) is 13.2 Å². The van der Waals surface area contributed by atoms with Crippen molar-refractivity contribution in [3.8, 4) is 0 Å². The number of carbonyl (C=O) groups is 1. The van der Waals surface area contributed by atoms with Gasteiger partial charge in [-0.3, -0.25) is 10.1 Å². The molecule has 0 saturated carbocycles. The van der Waals surface area contributed by atoms with Crippen LogP contribution in [-0.2, 0) is 4.79 Å². The van der Waals surface area contributed by atoms with E-state index in [1.54, 1.807) is 0 Å². The number of alkyl halides is 3. The summed E-state index contributed by atoms with van der Waals surface area (Å²) in [4.78, 5) is 10.7. The van der Waals surface area contributed by atoms with E-state index in [4.69, 9.17) is 0 Å². The predicted octanol–water partition coefficient (Wildman–Crippen LogP) is 0.847. The zero-order chi connectivity index (χ0) is 9.19. The number of hydrogen-bond acceptors (Lipinski definition) is 3. The van der Waals surface area contributed by atoms with Crippen LogP contribution in [0.1, 0.15) is 6.42 Å². The summed E-state index contributed by atoms with van der Waals surface area (Å²) in [5.41, 5.74) is 0. The van der Waals surface area contributed by atoms with Crippen LogP contribution in [0.2, 0.25) is 0 Å². The second kappa shape index (κ2) is 3.08. The van der Waals surface area contributed by atoms with Crippen LogP contribution < -0.4 is 5.32 Å². The summed E-state index contributed by atoms with van der Waals surface area (Å²) < 4.78 is 34.7. The number of nitrogens with zero attached hydrogens (tertiary/aromatic N) is 2. The molecule has 1 atom stereocenters. The van der Waals surface area contributed by atoms with E-state index in [2.05, 4.69) is 10.2 Å². The molecule has 0 saturated heterocycles. The topological polar surface area (TPSA) is 53.8 Å². The molecule has 0 aliphatic carbocycles. The lowest BCUT2D eigenvalue weighted by Crippen LogP contribution is -2.42. The zero-order valence-corrected chi connectivity index (χ0v) is 5.93. The Morgan fingerprint density at radius 3 is 2.58 bits per heavy atom. The van der Waals surface area contributed by atoms with Crippen molar-refractivity contribution in [1.29, 1.82) is 0 Å². The van der Waals surface area contributed by atoms with Crippen LogP contribution >= 0.6 is 0 Å². The summed E-state index contributed by atoms with van der Waals surface area (Å²) >= 11 is 0. The molecule has 0 spiro atoms. The summed E-state index contributed by atoms with van der Waals surface area (Å²) in [7, 11) is 0. The van der Waals surface area contributed by atoms with Gasteiger partial charge in [-0.15, -0.1) is 0 Å². The van der Waals surface area contributed by atoms with Crippen LogP contribution in [0.15, 0.2) is 10.2 Å². The molecule has 1 rings (SSSR count). The number of hydrogen-bond donors (Lipinski definition) is 1. The van der Waals surface area contributed by atoms with E-state index < -0.39 is 18.2 Å². The van der Waals surface area contributed by atoms with E-state index in [1.165, 1.54) is 0 Å². The highest BCUT2D eigenvalue weighted by Gasteiger charge is 2.34. The minimum absolute atomic E-state index is 0.252. The van der Waals surface area contributed by atoms with Gasteiger partial charge in [0.05, 0.1) is 6.54 Å². The fourth-order valence-electron chi connectivity index (χ4n) is 0.801. The molecule has 1 heterocycles. The van der Waals surface area contributed by atoms with Gasteiger partial charge in [-0.25, -0.2) is 0 Å². The molecule has 0 fully saturated rings. The van der Waals surface area contributed by atoms with E-state index in [9.17, 15) is 18.0 Å². The van der Waals surface area contributed by atoms with Crippen LogP contribution in [0.25, 0.3) is 0 Å². The molecule has 0 aromatic carbocycles. The fourth-order valence-corrected chi connectivity index (χ4v) is 0.801. The Morgan fingerprint density at radius 1 is 1.50 bits per heavy atom. The summed E-state index contributed by atoms with van der Waals surface area (Å²) in [5, 5.41) is 7.61. The Kier molecular flexibility index (Phi) is 2.30. The van der Waals surface area contributed by atoms with Crippen molar-refractivity contribution < 1.29 is 18.0 Å². The molecule has 1 amide bonds. The van der Waals surface area contributed by atoms with Crippen molar-refractivity contribution in [1.82, 2.24) is 5.32 Å². The van der Waals surface area contributed by atoms with Crippen molar-refractivity contribution in [2.75, 3.05) is 6.54 Å². The normalized spacial score (nSPS) is 22.8. The third kappa shape index (κ3) is 2.48. The molecular weight excluding hydrogens is 175 g/mol. The smallest absolute Gasteiger partial charge is 0.272 e. The number of nitrogens with one attached hydrogen (secondary N) is 1. The quantitative estimate of drug-likeness (QED) is 0.599. The molecule has 7 heteroatoms. The third-order valence-corrected chi connectivity index (χ3v) is 1.29. The van der Waals surface area contributed by atoms with E-state index in [0.717, 1.165) is 5.32 Å². The van der Waals surface area contributed by atoms with Gasteiger partial charge in [0.25, 0.3) is 5.91 Å². The van der Waals surface area contributed by atoms with Gasteiger partial charge in [-0.2, -0.15) is 23.4 Å². The van der Waals surface area contributed by atoms with Gasteiger partial charge in [0.15, 0.2) is 6.04 Å². The minimum Gasteiger partial charge on any atom is -0.272 e. The highest BCUT2D eigenvalue weighted by molar-refractivity contribution is 5.82. The first kappa shape index (κ1) is 8.95. The van der Waals surface area contributed by atoms with E-state index in [0.29, 0.717) is 6.54 Å². The maximum atomic E-state index is 11.6. The highest BCUT2D eigenvalue weighted by Crippen LogP contribution is 2.13. The summed E-state index contributed by atoms with van der Waals surface area (Å²) in [5.74, 6) is -1.14. The van der Waals surface area contributed by atoms with Gasteiger partial charge in [0, 0.05) is 6.42 Å². The number of halogens is 3. The minimum atomic E-state index is -4.67. The van der Waals surface area contributed by atoms with Crippen LogP contribution in [-0.4, -0.2) is 24.8 Å². The van der Waals surface area contributed by atoms with Crippen molar-refractivity contribution in [3.63, 3.8) is 0 Å². The van der Waals surface area contributed by atoms with E-state index in [-0.39, 0.29) is 6.42 Å². The molecule has 0 bridgehead atoms. The van der Waals surface area contributed by atoms with Gasteiger partial charge < -0.3 is 0 Å². The number of rotatable bonds is 1. The van der Waals surface area contributed by atoms with Gasteiger partial charge in [-0.1, -0.05) is 0 Å². The third-order valence-electron chi connectivity index (χ3n) is 1.29. The highest BCUT2D eigenvalue weighted by atomic mass is 19.4. The molecule has 68 valence electrons. The fraction of sp³-hybridized carbons (Fsp3) is 0.800. The maximum absolute atomic E-state index is 11.6. The van der Waals surface area contributed by atoms with Gasteiger partial charge in [-0.05, 0) is 0 Å². The first-order valence-electron chi connectivity index (χ1n) is 3.24. The Balaban J connectivity index is 2.43. The largest absolute Gasteiger partial charge is 0.484 e. The SMILES string of the molecule is O=C(NC(F)(F)F)C1CCN=N1. The van der Waals surface area contributed by atoms with E-state index in [1.807, 2.05) is 0 Å². The monoisotopic (exact) mass is 181 g/mol. The summed E-state index contributed by atoms with van der Waals surface area (Å²) in [6, 6.07) is -0.966. The lowest BCUT2D eigenvalue weighted by molar-refractivity contribution is -0.170. The number of azo groups is 1. The molecule has 1 N–H and O–H groups in total. The molecule has 0 aromatic heterocycles. The summed E-state index contributed by atoms with van der Waals surface area (Å²) in [6.07, 6.45) is -4.42. The second-order valence-electron chi connectivity index (χ2n) is 2.27. The molecule has 4 nitrogen and oxygen atoms in total. The Labute approximate surface area is 65.8 Å².